The van der Waals surface area contributed by atoms with Crippen LogP contribution in [0.25, 0.3) is 0 Å². The molecule has 0 spiro atoms. The van der Waals surface area contributed by atoms with Crippen molar-refractivity contribution < 1.29 is 5.11 Å². The lowest BCUT2D eigenvalue weighted by atomic mass is 9.52. The van der Waals surface area contributed by atoms with Crippen molar-refractivity contribution in [3.05, 3.63) is 29.3 Å². The summed E-state index contributed by atoms with van der Waals surface area (Å²) < 4.78 is 0. The lowest BCUT2D eigenvalue weighted by Crippen LogP contribution is -2.62. The van der Waals surface area contributed by atoms with Gasteiger partial charge in [-0.2, -0.15) is 0 Å². The molecule has 2 nitrogen and oxygen atoms in total. The van der Waals surface area contributed by atoms with Crippen LogP contribution in [-0.4, -0.2) is 28.6 Å². The average Bonchev–Trinajstić information content (AvgIpc) is 3.40. The van der Waals surface area contributed by atoms with Gasteiger partial charge in [0.25, 0.3) is 0 Å². The molecule has 5 rings (SSSR count). The summed E-state index contributed by atoms with van der Waals surface area (Å²) in [5.41, 5.74) is 3.41. The zero-order valence-corrected chi connectivity index (χ0v) is 14.3. The van der Waals surface area contributed by atoms with Crippen molar-refractivity contribution in [2.24, 2.45) is 11.8 Å². The van der Waals surface area contributed by atoms with Crippen LogP contribution in [0.15, 0.2) is 18.2 Å². The summed E-state index contributed by atoms with van der Waals surface area (Å²) in [5, 5.41) is 10.1. The maximum absolute atomic E-state index is 10.1. The highest BCUT2D eigenvalue weighted by Gasteiger charge is 2.55. The summed E-state index contributed by atoms with van der Waals surface area (Å²) in [6.07, 6.45) is 10.9. The van der Waals surface area contributed by atoms with Gasteiger partial charge in [0.2, 0.25) is 0 Å². The molecule has 1 N–H and O–H groups in total. The van der Waals surface area contributed by atoms with E-state index in [1.807, 2.05) is 6.07 Å². The zero-order valence-electron chi connectivity index (χ0n) is 14.3. The Morgan fingerprint density at radius 1 is 1.17 bits per heavy atom. The maximum Gasteiger partial charge on any atom is 0.115 e. The first-order valence-electron chi connectivity index (χ1n) is 9.77. The standard InChI is InChI=1S/C21H29NO/c1-14(15-5-6-15)22-11-10-21-9-3-2-4-18(21)20(22)12-16-7-8-17(23)13-19(16)21/h7-8,13-15,18,20,23H,2-6,9-12H2,1H3. The van der Waals surface area contributed by atoms with Gasteiger partial charge >= 0.3 is 0 Å². The summed E-state index contributed by atoms with van der Waals surface area (Å²) in [7, 11) is 0. The Morgan fingerprint density at radius 2 is 2.04 bits per heavy atom. The SMILES string of the molecule is CC(C1CC1)N1CCC23CCCCC2C1Cc1ccc(O)cc13. The molecule has 4 unspecified atom stereocenters. The largest absolute Gasteiger partial charge is 0.508 e. The molecular weight excluding hydrogens is 282 g/mol. The third kappa shape index (κ3) is 2.03. The van der Waals surface area contributed by atoms with E-state index in [0.29, 0.717) is 11.2 Å². The van der Waals surface area contributed by atoms with Crippen LogP contribution < -0.4 is 0 Å². The molecule has 0 radical (unpaired) electrons. The van der Waals surface area contributed by atoms with Crippen molar-refractivity contribution in [3.8, 4) is 5.75 Å². The van der Waals surface area contributed by atoms with Gasteiger partial charge in [0.15, 0.2) is 0 Å². The summed E-state index contributed by atoms with van der Waals surface area (Å²) in [5.74, 6) is 2.25. The Hall–Kier alpha value is -1.02. The summed E-state index contributed by atoms with van der Waals surface area (Å²) in [6, 6.07) is 7.76. The van der Waals surface area contributed by atoms with Gasteiger partial charge in [-0.15, -0.1) is 0 Å². The molecule has 3 fully saturated rings. The summed E-state index contributed by atoms with van der Waals surface area (Å²) in [4.78, 5) is 2.89. The van der Waals surface area contributed by atoms with Crippen LogP contribution in [0.2, 0.25) is 0 Å². The molecule has 4 atom stereocenters. The van der Waals surface area contributed by atoms with Crippen LogP contribution in [0.1, 0.15) is 63.0 Å². The normalized spacial score (nSPS) is 37.8. The molecule has 1 saturated heterocycles. The van der Waals surface area contributed by atoms with E-state index in [9.17, 15) is 5.11 Å². The second kappa shape index (κ2) is 4.99. The van der Waals surface area contributed by atoms with E-state index < -0.39 is 0 Å². The smallest absolute Gasteiger partial charge is 0.115 e. The Balaban J connectivity index is 1.59. The minimum absolute atomic E-state index is 0.370. The van der Waals surface area contributed by atoms with Crippen LogP contribution in [0.5, 0.6) is 5.75 Å². The molecule has 2 bridgehead atoms. The molecule has 1 aromatic rings. The van der Waals surface area contributed by atoms with E-state index in [-0.39, 0.29) is 0 Å². The predicted octanol–water partition coefficient (Wildman–Crippen LogP) is 4.25. The van der Waals surface area contributed by atoms with Crippen molar-refractivity contribution in [2.75, 3.05) is 6.54 Å². The van der Waals surface area contributed by atoms with Crippen LogP contribution in [-0.2, 0) is 11.8 Å². The van der Waals surface area contributed by atoms with Gasteiger partial charge in [-0.25, -0.2) is 0 Å². The molecule has 2 heteroatoms. The molecule has 124 valence electrons. The number of phenols is 1. The van der Waals surface area contributed by atoms with E-state index in [4.69, 9.17) is 0 Å². The van der Waals surface area contributed by atoms with E-state index in [1.54, 1.807) is 0 Å². The van der Waals surface area contributed by atoms with Crippen LogP contribution in [0, 0.1) is 11.8 Å². The maximum atomic E-state index is 10.1. The van der Waals surface area contributed by atoms with Crippen molar-refractivity contribution in [1.82, 2.24) is 4.90 Å². The van der Waals surface area contributed by atoms with Crippen molar-refractivity contribution in [3.63, 3.8) is 0 Å². The number of nitrogens with zero attached hydrogens (tertiary/aromatic N) is 1. The molecule has 1 heterocycles. The van der Waals surface area contributed by atoms with Gasteiger partial charge in [0.05, 0.1) is 0 Å². The third-order valence-electron chi connectivity index (χ3n) is 7.69. The van der Waals surface area contributed by atoms with E-state index in [0.717, 1.165) is 23.9 Å². The first-order valence-corrected chi connectivity index (χ1v) is 9.77. The number of benzene rings is 1. The first kappa shape index (κ1) is 14.3. The fourth-order valence-electron chi connectivity index (χ4n) is 6.38. The second-order valence-electron chi connectivity index (χ2n) is 8.69. The van der Waals surface area contributed by atoms with Crippen LogP contribution >= 0.6 is 0 Å². The fraction of sp³-hybridized carbons (Fsp3) is 0.714. The molecule has 0 amide bonds. The highest BCUT2D eigenvalue weighted by molar-refractivity contribution is 5.45. The molecule has 3 aliphatic carbocycles. The number of likely N-dealkylation sites (tertiary alicyclic amines) is 1. The Labute approximate surface area is 139 Å². The molecule has 1 aromatic carbocycles. The van der Waals surface area contributed by atoms with Gasteiger partial charge in [-0.3, -0.25) is 4.90 Å². The molecule has 2 saturated carbocycles. The van der Waals surface area contributed by atoms with E-state index >= 15 is 0 Å². The van der Waals surface area contributed by atoms with Gasteiger partial charge in [0, 0.05) is 17.5 Å². The summed E-state index contributed by atoms with van der Waals surface area (Å²) in [6.45, 7) is 3.76. The average molecular weight is 311 g/mol. The molecule has 1 aliphatic heterocycles. The van der Waals surface area contributed by atoms with Crippen molar-refractivity contribution in [2.45, 2.75) is 75.8 Å². The van der Waals surface area contributed by atoms with Gasteiger partial charge < -0.3 is 5.11 Å². The molecule has 0 aromatic heterocycles. The Kier molecular flexibility index (Phi) is 3.11. The zero-order chi connectivity index (χ0) is 15.6. The van der Waals surface area contributed by atoms with Crippen molar-refractivity contribution >= 4 is 0 Å². The Morgan fingerprint density at radius 3 is 2.87 bits per heavy atom. The van der Waals surface area contributed by atoms with E-state index in [2.05, 4.69) is 24.0 Å². The third-order valence-corrected chi connectivity index (χ3v) is 7.69. The van der Waals surface area contributed by atoms with Crippen LogP contribution in [0.4, 0.5) is 0 Å². The highest BCUT2D eigenvalue weighted by Crippen LogP contribution is 2.57. The predicted molar refractivity (Wildman–Crippen MR) is 92.7 cm³/mol. The highest BCUT2D eigenvalue weighted by atomic mass is 16.3. The molecule has 4 aliphatic rings. The molecule has 23 heavy (non-hydrogen) atoms. The number of rotatable bonds is 2. The van der Waals surface area contributed by atoms with Gasteiger partial charge in [0.1, 0.15) is 5.75 Å². The second-order valence-corrected chi connectivity index (χ2v) is 8.69. The fourth-order valence-corrected chi connectivity index (χ4v) is 6.38. The number of hydrogen-bond acceptors (Lipinski definition) is 2. The minimum Gasteiger partial charge on any atom is -0.508 e. The Bertz CT molecular complexity index is 622. The number of piperidine rings is 1. The number of fused-ring (bicyclic) bond motifs is 1. The lowest BCUT2D eigenvalue weighted by molar-refractivity contribution is -0.0343. The summed E-state index contributed by atoms with van der Waals surface area (Å²) >= 11 is 0. The number of hydrogen-bond donors (Lipinski definition) is 1. The van der Waals surface area contributed by atoms with Crippen molar-refractivity contribution in [1.29, 1.82) is 0 Å². The quantitative estimate of drug-likeness (QED) is 0.882. The van der Waals surface area contributed by atoms with Crippen LogP contribution in [0.3, 0.4) is 0 Å². The number of aromatic hydroxyl groups is 1. The van der Waals surface area contributed by atoms with Gasteiger partial charge in [-0.05, 0) is 87.1 Å². The molecular formula is C21H29NO. The number of phenolic OH excluding ortho intramolecular Hbond substituents is 1. The topological polar surface area (TPSA) is 23.5 Å². The minimum atomic E-state index is 0.370. The van der Waals surface area contributed by atoms with E-state index in [1.165, 1.54) is 69.0 Å². The first-order chi connectivity index (χ1) is 11.2. The monoisotopic (exact) mass is 311 g/mol. The lowest BCUT2D eigenvalue weighted by Gasteiger charge is -2.60. The van der Waals surface area contributed by atoms with Gasteiger partial charge in [-0.1, -0.05) is 18.9 Å².